The van der Waals surface area contributed by atoms with E-state index in [0.29, 0.717) is 123 Å². The fourth-order valence-corrected chi connectivity index (χ4v) is 12.8. The van der Waals surface area contributed by atoms with Crippen LogP contribution in [0.3, 0.4) is 0 Å². The molecule has 1 saturated carbocycles. The largest absolute Gasteiger partial charge is 0.494 e. The van der Waals surface area contributed by atoms with Crippen LogP contribution < -0.4 is 28.4 Å². The lowest BCUT2D eigenvalue weighted by Crippen LogP contribution is -2.22. The number of unbranched alkanes of at least 4 members (excludes halogenated alkanes) is 16. The minimum Gasteiger partial charge on any atom is -0.494 e. The van der Waals surface area contributed by atoms with E-state index in [1.807, 2.05) is 36.4 Å². The molecule has 20 heteroatoms. The van der Waals surface area contributed by atoms with Gasteiger partial charge in [0.2, 0.25) is 0 Å². The number of rotatable bonds is 57. The van der Waals surface area contributed by atoms with Crippen molar-refractivity contribution < 1.29 is 95.1 Å². The van der Waals surface area contributed by atoms with Gasteiger partial charge in [-0.25, -0.2) is 14.4 Å². The van der Waals surface area contributed by atoms with Crippen molar-refractivity contribution in [2.24, 2.45) is 5.92 Å². The van der Waals surface area contributed by atoms with Crippen LogP contribution in [0.1, 0.15) is 280 Å². The van der Waals surface area contributed by atoms with Gasteiger partial charge in [-0.05, 0) is 293 Å². The number of allylic oxidation sites excluding steroid dienone is 1. The Kier molecular flexibility index (Phi) is 44.3. The number of esters is 7. The molecule has 1 saturated heterocycles. The van der Waals surface area contributed by atoms with Gasteiger partial charge in [0.05, 0.1) is 96.3 Å². The molecule has 0 N–H and O–H groups in total. The van der Waals surface area contributed by atoms with Crippen molar-refractivity contribution in [3.63, 3.8) is 0 Å². The van der Waals surface area contributed by atoms with Gasteiger partial charge in [0.25, 0.3) is 0 Å². The van der Waals surface area contributed by atoms with E-state index in [9.17, 15) is 33.6 Å². The average molecular weight is 1530 g/mol. The second kappa shape index (κ2) is 55.3. The lowest BCUT2D eigenvalue weighted by molar-refractivity contribution is -0.162. The Labute approximate surface area is 657 Å². The van der Waals surface area contributed by atoms with Crippen LogP contribution in [0.15, 0.2) is 133 Å². The second-order valence-corrected chi connectivity index (χ2v) is 28.4. The highest BCUT2D eigenvalue weighted by molar-refractivity contribution is 5.93. The predicted octanol–water partition coefficient (Wildman–Crippen LogP) is 20.1. The van der Waals surface area contributed by atoms with E-state index in [0.717, 1.165) is 140 Å². The maximum absolute atomic E-state index is 13.5. The predicted molar refractivity (Wildman–Crippen MR) is 425 cm³/mol. The third-order valence-corrected chi connectivity index (χ3v) is 19.1. The number of ether oxygens (including phenoxy) is 13. The second-order valence-electron chi connectivity index (χ2n) is 28.4. The van der Waals surface area contributed by atoms with Gasteiger partial charge in [-0.2, -0.15) is 0 Å². The molecule has 0 aromatic heterocycles. The van der Waals surface area contributed by atoms with Gasteiger partial charge < -0.3 is 61.6 Å². The number of benzene rings is 5. The molecule has 1 aliphatic carbocycles. The number of hydrogen-bond acceptors (Lipinski definition) is 20. The van der Waals surface area contributed by atoms with Crippen LogP contribution in [0.2, 0.25) is 0 Å². The number of carbonyl (C=O) groups is 7. The fraction of sp³-hybridized carbons (Fsp3) is 0.549. The summed E-state index contributed by atoms with van der Waals surface area (Å²) in [7, 11) is 0. The Morgan fingerprint density at radius 3 is 1.31 bits per heavy atom. The van der Waals surface area contributed by atoms with Gasteiger partial charge in [0.1, 0.15) is 40.1 Å². The highest BCUT2D eigenvalue weighted by Crippen LogP contribution is 2.41. The van der Waals surface area contributed by atoms with Crippen molar-refractivity contribution >= 4 is 47.9 Å². The minimum absolute atomic E-state index is 0.0399. The van der Waals surface area contributed by atoms with Gasteiger partial charge >= 0.3 is 41.8 Å². The van der Waals surface area contributed by atoms with Gasteiger partial charge in [-0.3, -0.25) is 19.2 Å². The van der Waals surface area contributed by atoms with Crippen LogP contribution in [0.5, 0.6) is 34.5 Å². The van der Waals surface area contributed by atoms with Crippen LogP contribution in [0.4, 0.5) is 0 Å². The first kappa shape index (κ1) is 89.0. The van der Waals surface area contributed by atoms with Gasteiger partial charge in [0.15, 0.2) is 6.29 Å². The zero-order chi connectivity index (χ0) is 78.4. The van der Waals surface area contributed by atoms with Crippen molar-refractivity contribution in [1.29, 1.82) is 0 Å². The molecule has 0 spiro atoms. The molecular weight excluding hydrogens is 1410 g/mol. The topological polar surface area (TPSA) is 239 Å². The number of carbonyl (C=O) groups excluding carboxylic acids is 7. The van der Waals surface area contributed by atoms with Gasteiger partial charge in [-0.15, -0.1) is 0 Å². The maximum Gasteiger partial charge on any atom is 0.343 e. The molecule has 2 fully saturated rings. The van der Waals surface area contributed by atoms with Crippen LogP contribution in [-0.2, 0) is 52.3 Å². The molecule has 7 rings (SSSR count). The first-order chi connectivity index (χ1) is 54.4. The molecule has 604 valence electrons. The van der Waals surface area contributed by atoms with E-state index in [-0.39, 0.29) is 70.6 Å². The van der Waals surface area contributed by atoms with Crippen LogP contribution in [-0.4, -0.2) is 121 Å². The molecule has 1 heterocycles. The highest BCUT2D eigenvalue weighted by atomic mass is 16.7. The molecule has 0 bridgehead atoms. The summed E-state index contributed by atoms with van der Waals surface area (Å²) in [5, 5.41) is 0. The normalized spacial score (nSPS) is 14.3. The molecule has 0 amide bonds. The maximum atomic E-state index is 13.5. The molecule has 1 aliphatic heterocycles. The molecule has 0 radical (unpaired) electrons. The first-order valence-electron chi connectivity index (χ1n) is 41.1. The summed E-state index contributed by atoms with van der Waals surface area (Å²) in [5.74, 6) is 1.50. The van der Waals surface area contributed by atoms with Gasteiger partial charge in [0, 0.05) is 13.2 Å². The quantitative estimate of drug-likeness (QED) is 0.0116. The Morgan fingerprint density at radius 1 is 0.405 bits per heavy atom. The molecule has 5 aromatic rings. The summed E-state index contributed by atoms with van der Waals surface area (Å²) in [6, 6.07) is 34.1. The molecule has 3 unspecified atom stereocenters. The molecule has 3 atom stereocenters. The average Bonchev–Trinajstić information content (AvgIpc) is 1.80. The molecule has 2 aliphatic rings. The van der Waals surface area contributed by atoms with E-state index in [1.165, 1.54) is 37.7 Å². The molecular formula is C91H120O20. The van der Waals surface area contributed by atoms with E-state index >= 15 is 0 Å². The van der Waals surface area contributed by atoms with Crippen molar-refractivity contribution in [3.8, 4) is 34.5 Å². The third-order valence-electron chi connectivity index (χ3n) is 19.1. The summed E-state index contributed by atoms with van der Waals surface area (Å²) < 4.78 is 73.8. The summed E-state index contributed by atoms with van der Waals surface area (Å²) in [5.41, 5.74) is 9.40. The first-order valence-corrected chi connectivity index (χ1v) is 41.1. The zero-order valence-electron chi connectivity index (χ0n) is 65.8. The van der Waals surface area contributed by atoms with Crippen LogP contribution in [0.25, 0.3) is 6.08 Å². The van der Waals surface area contributed by atoms with Crippen LogP contribution >= 0.6 is 0 Å². The number of hydrogen-bond donors (Lipinski definition) is 0. The summed E-state index contributed by atoms with van der Waals surface area (Å²) in [6.45, 7) is 8.84. The van der Waals surface area contributed by atoms with E-state index < -0.39 is 41.8 Å². The smallest absolute Gasteiger partial charge is 0.343 e. The monoisotopic (exact) mass is 1530 g/mol. The van der Waals surface area contributed by atoms with Crippen LogP contribution in [0, 0.1) is 5.92 Å². The summed E-state index contributed by atoms with van der Waals surface area (Å²) >= 11 is 0. The minimum atomic E-state index is -0.492. The van der Waals surface area contributed by atoms with E-state index in [1.54, 1.807) is 78.9 Å². The van der Waals surface area contributed by atoms with E-state index in [4.69, 9.17) is 61.6 Å². The SMILES string of the molecule is CCCC=C=C=Cc1ccc(OC(=O)c2ccc(OCCCCCCOC(=O)CCC(=O)OCCCCCCOc3ccc(OCCCCCCOC(=O)CCC(=O)OCCCCCCOc4ccc(C(=O)Oc5ccc(C6CCC(CCC)C6)cc5)cc4)cc3C(=O)OCCCCCCOC3CCCCO3)cc2)cc1. The standard InChI is InChI=1S/C91H120O20/c1-3-5-6-7-18-32-71-35-44-79(45-36-71)110-89(96)74-40-46-77(47-41-74)99-58-20-8-12-24-63-104-85(93)56-57-87(95)106-65-27-15-11-23-61-102-83-53-52-81(70-82(83)91(98)109-68-29-17-16-28-66-107-88-33-19-30-67-108-88)101-60-22-10-14-26-64-105-86(94)55-54-84(92)103-62-25-13-9-21-59-100-78-48-42-75(43-49-78)90(97)111-80-50-38-73(39-51-80)76-37-34-72(69-76)31-4-2/h6,32,35-36,38-53,70,72,76,88H,3-5,8-17,19-31,33-34,37,54-69H2,1-2H3. The van der Waals surface area contributed by atoms with Crippen molar-refractivity contribution in [2.75, 3.05) is 72.7 Å². The Morgan fingerprint density at radius 2 is 0.838 bits per heavy atom. The van der Waals surface area contributed by atoms with E-state index in [2.05, 4.69) is 37.4 Å². The summed E-state index contributed by atoms with van der Waals surface area (Å²) in [4.78, 5) is 88.5. The zero-order valence-corrected chi connectivity index (χ0v) is 65.8. The molecule has 20 nitrogen and oxygen atoms in total. The third kappa shape index (κ3) is 38.5. The summed E-state index contributed by atoms with van der Waals surface area (Å²) in [6.07, 6.45) is 30.8. The van der Waals surface area contributed by atoms with Crippen molar-refractivity contribution in [3.05, 3.63) is 161 Å². The fourth-order valence-electron chi connectivity index (χ4n) is 12.8. The van der Waals surface area contributed by atoms with Crippen molar-refractivity contribution in [1.82, 2.24) is 0 Å². The lowest BCUT2D eigenvalue weighted by Gasteiger charge is -2.22. The molecule has 111 heavy (non-hydrogen) atoms. The lowest BCUT2D eigenvalue weighted by atomic mass is 9.95. The Bertz CT molecular complexity index is 3590. The van der Waals surface area contributed by atoms with Gasteiger partial charge in [-0.1, -0.05) is 75.3 Å². The molecule has 5 aromatic carbocycles. The Balaban J connectivity index is 0.665. The highest BCUT2D eigenvalue weighted by Gasteiger charge is 2.26. The van der Waals surface area contributed by atoms with Crippen molar-refractivity contribution in [2.45, 2.75) is 244 Å². The Hall–Kier alpha value is -9.19.